The van der Waals surface area contributed by atoms with Gasteiger partial charge in [0.2, 0.25) is 0 Å². The minimum Gasteiger partial charge on any atom is -0.411 e. The third-order valence-corrected chi connectivity index (χ3v) is 7.16. The SMILES string of the molecule is C/C(=N/O)C1CCC2/C3=C/CC(O)C(O)CC(C)C3CCC12C. The van der Waals surface area contributed by atoms with Gasteiger partial charge in [-0.05, 0) is 68.6 Å². The van der Waals surface area contributed by atoms with Crippen LogP contribution in [-0.4, -0.2) is 33.3 Å². The second-order valence-electron chi connectivity index (χ2n) is 8.36. The van der Waals surface area contributed by atoms with Gasteiger partial charge in [-0.1, -0.05) is 30.7 Å². The van der Waals surface area contributed by atoms with Crippen LogP contribution in [0.5, 0.6) is 0 Å². The van der Waals surface area contributed by atoms with Gasteiger partial charge in [-0.3, -0.25) is 0 Å². The molecule has 0 aliphatic heterocycles. The summed E-state index contributed by atoms with van der Waals surface area (Å²) in [6.07, 6.45) is 6.75. The Kier molecular flexibility index (Phi) is 4.58. The van der Waals surface area contributed by atoms with Crippen molar-refractivity contribution in [3.05, 3.63) is 11.6 Å². The zero-order chi connectivity index (χ0) is 16.8. The highest BCUT2D eigenvalue weighted by molar-refractivity contribution is 5.85. The average molecular weight is 321 g/mol. The molecule has 3 rings (SSSR count). The van der Waals surface area contributed by atoms with Crippen LogP contribution in [0.15, 0.2) is 16.8 Å². The van der Waals surface area contributed by atoms with E-state index in [1.165, 1.54) is 5.57 Å². The summed E-state index contributed by atoms with van der Waals surface area (Å²) < 4.78 is 0. The molecule has 4 nitrogen and oxygen atoms in total. The number of oxime groups is 1. The van der Waals surface area contributed by atoms with E-state index >= 15 is 0 Å². The van der Waals surface area contributed by atoms with Crippen molar-refractivity contribution in [2.24, 2.45) is 34.2 Å². The minimum absolute atomic E-state index is 0.168. The molecule has 4 heteroatoms. The molecule has 0 saturated heterocycles. The van der Waals surface area contributed by atoms with E-state index in [4.69, 9.17) is 0 Å². The standard InChI is InChI=1S/C19H31NO3/c1-11-10-18(22)17(21)7-4-14-13(11)8-9-19(3)15(12(2)20-23)5-6-16(14)19/h4,11,13,15-18,21-23H,5-10H2,1-3H3/b14-4+,20-12-. The van der Waals surface area contributed by atoms with Crippen LogP contribution in [0.3, 0.4) is 0 Å². The van der Waals surface area contributed by atoms with E-state index in [2.05, 4.69) is 25.1 Å². The third kappa shape index (κ3) is 2.74. The molecule has 23 heavy (non-hydrogen) atoms. The number of hydrogen-bond acceptors (Lipinski definition) is 4. The van der Waals surface area contributed by atoms with Crippen LogP contribution < -0.4 is 0 Å². The van der Waals surface area contributed by atoms with E-state index in [-0.39, 0.29) is 5.41 Å². The molecule has 0 aromatic carbocycles. The van der Waals surface area contributed by atoms with Crippen molar-refractivity contribution in [3.63, 3.8) is 0 Å². The molecule has 3 aliphatic carbocycles. The Balaban J connectivity index is 1.93. The van der Waals surface area contributed by atoms with E-state index in [9.17, 15) is 15.4 Å². The first-order chi connectivity index (χ1) is 10.9. The monoisotopic (exact) mass is 321 g/mol. The van der Waals surface area contributed by atoms with Gasteiger partial charge in [0, 0.05) is 5.92 Å². The molecule has 0 heterocycles. The molecule has 0 aromatic rings. The van der Waals surface area contributed by atoms with Crippen LogP contribution in [0.1, 0.15) is 59.3 Å². The molecule has 2 saturated carbocycles. The molecule has 0 radical (unpaired) electrons. The number of aliphatic hydroxyl groups excluding tert-OH is 2. The van der Waals surface area contributed by atoms with Gasteiger partial charge in [0.1, 0.15) is 0 Å². The quantitative estimate of drug-likeness (QED) is 0.300. The number of rotatable bonds is 1. The normalized spacial score (nSPS) is 50.3. The first kappa shape index (κ1) is 17.0. The van der Waals surface area contributed by atoms with Crippen molar-refractivity contribution in [1.29, 1.82) is 0 Å². The molecule has 7 unspecified atom stereocenters. The van der Waals surface area contributed by atoms with Crippen LogP contribution >= 0.6 is 0 Å². The first-order valence-corrected chi connectivity index (χ1v) is 9.13. The smallest absolute Gasteiger partial charge is 0.0833 e. The molecule has 0 bridgehead atoms. The van der Waals surface area contributed by atoms with E-state index in [0.717, 1.165) is 31.4 Å². The zero-order valence-corrected chi connectivity index (χ0v) is 14.6. The lowest BCUT2D eigenvalue weighted by Gasteiger charge is -2.48. The maximum absolute atomic E-state index is 10.1. The topological polar surface area (TPSA) is 73.1 Å². The van der Waals surface area contributed by atoms with Gasteiger partial charge in [-0.15, -0.1) is 0 Å². The van der Waals surface area contributed by atoms with Crippen molar-refractivity contribution in [1.82, 2.24) is 0 Å². The van der Waals surface area contributed by atoms with Gasteiger partial charge in [-0.2, -0.15) is 0 Å². The summed E-state index contributed by atoms with van der Waals surface area (Å²) in [5.41, 5.74) is 2.54. The van der Waals surface area contributed by atoms with E-state index in [0.29, 0.717) is 36.5 Å². The van der Waals surface area contributed by atoms with E-state index in [1.807, 2.05) is 6.92 Å². The Labute approximate surface area is 139 Å². The van der Waals surface area contributed by atoms with E-state index in [1.54, 1.807) is 0 Å². The van der Waals surface area contributed by atoms with Crippen LogP contribution in [0.25, 0.3) is 0 Å². The van der Waals surface area contributed by atoms with Gasteiger partial charge in [0.05, 0.1) is 17.9 Å². The van der Waals surface area contributed by atoms with Crippen molar-refractivity contribution in [3.8, 4) is 0 Å². The summed E-state index contributed by atoms with van der Waals surface area (Å²) in [7, 11) is 0. The van der Waals surface area contributed by atoms with Crippen molar-refractivity contribution < 1.29 is 15.4 Å². The maximum atomic E-state index is 10.1. The van der Waals surface area contributed by atoms with Crippen LogP contribution in [0.2, 0.25) is 0 Å². The molecule has 7 atom stereocenters. The fourth-order valence-electron chi connectivity index (χ4n) is 5.80. The lowest BCUT2D eigenvalue weighted by molar-refractivity contribution is -0.00420. The summed E-state index contributed by atoms with van der Waals surface area (Å²) in [6, 6.07) is 0. The summed E-state index contributed by atoms with van der Waals surface area (Å²) in [6.45, 7) is 6.52. The second-order valence-corrected chi connectivity index (χ2v) is 8.36. The van der Waals surface area contributed by atoms with Gasteiger partial charge in [0.15, 0.2) is 0 Å². The number of nitrogens with zero attached hydrogens (tertiary/aromatic N) is 1. The summed E-state index contributed by atoms with van der Waals surface area (Å²) >= 11 is 0. The fraction of sp³-hybridized carbons (Fsp3) is 0.842. The Morgan fingerprint density at radius 3 is 2.65 bits per heavy atom. The zero-order valence-electron chi connectivity index (χ0n) is 14.6. The molecular formula is C19H31NO3. The molecule has 2 fully saturated rings. The molecule has 0 aromatic heterocycles. The maximum Gasteiger partial charge on any atom is 0.0833 e. The first-order valence-electron chi connectivity index (χ1n) is 9.13. The Morgan fingerprint density at radius 1 is 1.22 bits per heavy atom. The lowest BCUT2D eigenvalue weighted by atomic mass is 9.57. The highest BCUT2D eigenvalue weighted by Crippen LogP contribution is 2.60. The minimum atomic E-state index is -0.642. The van der Waals surface area contributed by atoms with E-state index < -0.39 is 12.2 Å². The van der Waals surface area contributed by atoms with Crippen LogP contribution in [0, 0.1) is 29.1 Å². The van der Waals surface area contributed by atoms with Gasteiger partial charge in [-0.25, -0.2) is 0 Å². The highest BCUT2D eigenvalue weighted by Gasteiger charge is 2.53. The average Bonchev–Trinajstić information content (AvgIpc) is 2.87. The number of allylic oxidation sites excluding steroid dienone is 1. The predicted molar refractivity (Wildman–Crippen MR) is 90.4 cm³/mol. The third-order valence-electron chi connectivity index (χ3n) is 7.16. The second kappa shape index (κ2) is 6.21. The van der Waals surface area contributed by atoms with Crippen LogP contribution in [-0.2, 0) is 0 Å². The Morgan fingerprint density at radius 2 is 1.96 bits per heavy atom. The number of aliphatic hydroxyl groups is 2. The van der Waals surface area contributed by atoms with Gasteiger partial charge in [0.25, 0.3) is 0 Å². The molecule has 3 N–H and O–H groups in total. The highest BCUT2D eigenvalue weighted by atomic mass is 16.4. The molecule has 0 spiro atoms. The van der Waals surface area contributed by atoms with Gasteiger partial charge >= 0.3 is 0 Å². The number of hydrogen-bond donors (Lipinski definition) is 3. The molecule has 130 valence electrons. The molecular weight excluding hydrogens is 290 g/mol. The fourth-order valence-corrected chi connectivity index (χ4v) is 5.80. The van der Waals surface area contributed by atoms with Crippen molar-refractivity contribution in [2.45, 2.75) is 71.5 Å². The Hall–Kier alpha value is -0.870. The Bertz CT molecular complexity index is 515. The number of fused-ring (bicyclic) bond motifs is 3. The van der Waals surface area contributed by atoms with Gasteiger partial charge < -0.3 is 15.4 Å². The predicted octanol–water partition coefficient (Wildman–Crippen LogP) is 3.36. The summed E-state index contributed by atoms with van der Waals surface area (Å²) in [5.74, 6) is 1.81. The molecule has 3 aliphatic rings. The molecule has 0 amide bonds. The van der Waals surface area contributed by atoms with Crippen molar-refractivity contribution in [2.75, 3.05) is 0 Å². The van der Waals surface area contributed by atoms with Crippen molar-refractivity contribution >= 4 is 5.71 Å². The summed E-state index contributed by atoms with van der Waals surface area (Å²) in [5, 5.41) is 33.0. The van der Waals surface area contributed by atoms with Crippen LogP contribution in [0.4, 0.5) is 0 Å². The largest absolute Gasteiger partial charge is 0.411 e. The lowest BCUT2D eigenvalue weighted by Crippen LogP contribution is -2.42. The summed E-state index contributed by atoms with van der Waals surface area (Å²) in [4.78, 5) is 0.